The number of aliphatic hydroxyl groups excluding tert-OH is 1. The van der Waals surface area contributed by atoms with E-state index in [9.17, 15) is 9.90 Å². The van der Waals surface area contributed by atoms with Gasteiger partial charge in [-0.25, -0.2) is 0 Å². The smallest absolute Gasteiger partial charge is 0.307 e. The molecule has 4 nitrogen and oxygen atoms in total. The minimum absolute atomic E-state index is 0.0261. The van der Waals surface area contributed by atoms with Crippen molar-refractivity contribution < 1.29 is 14.6 Å². The Morgan fingerprint density at radius 2 is 2.24 bits per heavy atom. The molecule has 2 aromatic rings. The number of carbonyl (C=O) groups is 1. The van der Waals surface area contributed by atoms with E-state index in [2.05, 4.69) is 4.74 Å². The highest BCUT2D eigenvalue weighted by Gasteiger charge is 2.06. The van der Waals surface area contributed by atoms with Crippen LogP contribution < -0.4 is 0 Å². The van der Waals surface area contributed by atoms with Crippen LogP contribution >= 0.6 is 0 Å². The van der Waals surface area contributed by atoms with E-state index in [4.69, 9.17) is 0 Å². The molecule has 0 saturated carbocycles. The van der Waals surface area contributed by atoms with E-state index in [0.717, 1.165) is 16.5 Å². The zero-order valence-corrected chi connectivity index (χ0v) is 9.72. The van der Waals surface area contributed by atoms with Crippen LogP contribution in [0.3, 0.4) is 0 Å². The fourth-order valence-corrected chi connectivity index (χ4v) is 1.93. The number of esters is 1. The quantitative estimate of drug-likeness (QED) is 0.818. The standard InChI is InChI=1S/C13H15NO3/c1-17-13(16)6-8-14-7-5-11-10(9-15)3-2-4-12(11)14/h2-5,7,15H,6,8-9H2,1H3. The minimum Gasteiger partial charge on any atom is -0.469 e. The maximum absolute atomic E-state index is 11.1. The van der Waals surface area contributed by atoms with Gasteiger partial charge in [0.1, 0.15) is 0 Å². The third-order valence-corrected chi connectivity index (χ3v) is 2.86. The van der Waals surface area contributed by atoms with Gasteiger partial charge in [-0.1, -0.05) is 12.1 Å². The Bertz CT molecular complexity index is 530. The molecule has 1 aromatic heterocycles. The summed E-state index contributed by atoms with van der Waals surface area (Å²) in [6.07, 6.45) is 2.27. The van der Waals surface area contributed by atoms with Crippen molar-refractivity contribution in [3.63, 3.8) is 0 Å². The predicted octanol–water partition coefficient (Wildman–Crippen LogP) is 1.70. The van der Waals surface area contributed by atoms with Crippen molar-refractivity contribution in [3.05, 3.63) is 36.0 Å². The second-order valence-corrected chi connectivity index (χ2v) is 3.84. The zero-order chi connectivity index (χ0) is 12.3. The Hall–Kier alpha value is -1.81. The first kappa shape index (κ1) is 11.7. The number of nitrogens with zero attached hydrogens (tertiary/aromatic N) is 1. The van der Waals surface area contributed by atoms with E-state index in [-0.39, 0.29) is 12.6 Å². The molecule has 1 N–H and O–H groups in total. The van der Waals surface area contributed by atoms with Crippen LogP contribution in [0.15, 0.2) is 30.5 Å². The third-order valence-electron chi connectivity index (χ3n) is 2.86. The molecule has 17 heavy (non-hydrogen) atoms. The van der Waals surface area contributed by atoms with Crippen LogP contribution in [-0.2, 0) is 22.7 Å². The Morgan fingerprint density at radius 3 is 2.94 bits per heavy atom. The molecule has 0 spiro atoms. The predicted molar refractivity (Wildman–Crippen MR) is 64.5 cm³/mol. The van der Waals surface area contributed by atoms with E-state index in [1.165, 1.54) is 7.11 Å². The first-order chi connectivity index (χ1) is 8.26. The number of aliphatic hydroxyl groups is 1. The Balaban J connectivity index is 2.27. The molecule has 4 heteroatoms. The Labute approximate surface area is 99.4 Å². The van der Waals surface area contributed by atoms with E-state index < -0.39 is 0 Å². The van der Waals surface area contributed by atoms with Gasteiger partial charge in [0.05, 0.1) is 20.1 Å². The van der Waals surface area contributed by atoms with E-state index in [1.807, 2.05) is 35.0 Å². The first-order valence-electron chi connectivity index (χ1n) is 5.50. The monoisotopic (exact) mass is 233 g/mol. The molecule has 0 unspecified atom stereocenters. The second-order valence-electron chi connectivity index (χ2n) is 3.84. The first-order valence-corrected chi connectivity index (χ1v) is 5.50. The van der Waals surface area contributed by atoms with Gasteiger partial charge in [-0.05, 0) is 17.7 Å². The lowest BCUT2D eigenvalue weighted by atomic mass is 10.1. The van der Waals surface area contributed by atoms with Gasteiger partial charge in [0, 0.05) is 23.6 Å². The van der Waals surface area contributed by atoms with Crippen molar-refractivity contribution in [2.45, 2.75) is 19.6 Å². The minimum atomic E-state index is -0.217. The average Bonchev–Trinajstić information content (AvgIpc) is 2.78. The maximum atomic E-state index is 11.1. The fourth-order valence-electron chi connectivity index (χ4n) is 1.93. The number of hydrogen-bond acceptors (Lipinski definition) is 3. The fraction of sp³-hybridized carbons (Fsp3) is 0.308. The molecule has 0 bridgehead atoms. The van der Waals surface area contributed by atoms with Gasteiger partial charge in [0.2, 0.25) is 0 Å². The number of methoxy groups -OCH3 is 1. The Kier molecular flexibility index (Phi) is 3.44. The van der Waals surface area contributed by atoms with Crippen LogP contribution in [-0.4, -0.2) is 22.8 Å². The lowest BCUT2D eigenvalue weighted by molar-refractivity contribution is -0.140. The van der Waals surface area contributed by atoms with E-state index in [1.54, 1.807) is 0 Å². The van der Waals surface area contributed by atoms with E-state index >= 15 is 0 Å². The molecule has 0 fully saturated rings. The summed E-state index contributed by atoms with van der Waals surface area (Å²) in [5, 5.41) is 10.2. The molecule has 2 rings (SSSR count). The normalized spacial score (nSPS) is 10.7. The van der Waals surface area contributed by atoms with Gasteiger partial charge in [-0.3, -0.25) is 4.79 Å². The molecule has 0 aliphatic heterocycles. The molecular formula is C13H15NO3. The van der Waals surface area contributed by atoms with Crippen LogP contribution in [0.5, 0.6) is 0 Å². The molecule has 0 aliphatic carbocycles. The maximum Gasteiger partial charge on any atom is 0.307 e. The lowest BCUT2D eigenvalue weighted by Gasteiger charge is -2.05. The summed E-state index contributed by atoms with van der Waals surface area (Å²) in [5.41, 5.74) is 1.93. The number of fused-ring (bicyclic) bond motifs is 1. The number of aryl methyl sites for hydroxylation is 1. The highest BCUT2D eigenvalue weighted by atomic mass is 16.5. The zero-order valence-electron chi connectivity index (χ0n) is 9.72. The lowest BCUT2D eigenvalue weighted by Crippen LogP contribution is -2.06. The van der Waals surface area contributed by atoms with Crippen molar-refractivity contribution in [2.75, 3.05) is 7.11 Å². The van der Waals surface area contributed by atoms with E-state index in [0.29, 0.717) is 13.0 Å². The van der Waals surface area contributed by atoms with Crippen LogP contribution in [0.25, 0.3) is 10.9 Å². The van der Waals surface area contributed by atoms with Crippen LogP contribution in [0, 0.1) is 0 Å². The van der Waals surface area contributed by atoms with Gasteiger partial charge in [0.15, 0.2) is 0 Å². The number of rotatable bonds is 4. The number of benzene rings is 1. The number of aromatic nitrogens is 1. The van der Waals surface area contributed by atoms with Crippen molar-refractivity contribution in [2.24, 2.45) is 0 Å². The van der Waals surface area contributed by atoms with Gasteiger partial charge in [0.25, 0.3) is 0 Å². The van der Waals surface area contributed by atoms with Crippen LogP contribution in [0.4, 0.5) is 0 Å². The number of hydrogen-bond donors (Lipinski definition) is 1. The topological polar surface area (TPSA) is 51.5 Å². The molecule has 0 amide bonds. The van der Waals surface area contributed by atoms with Crippen molar-refractivity contribution in [1.29, 1.82) is 0 Å². The summed E-state index contributed by atoms with van der Waals surface area (Å²) in [7, 11) is 1.39. The van der Waals surface area contributed by atoms with Gasteiger partial charge < -0.3 is 14.4 Å². The molecule has 0 atom stereocenters. The summed E-state index contributed by atoms with van der Waals surface area (Å²) in [6.45, 7) is 0.614. The molecule has 1 aromatic carbocycles. The van der Waals surface area contributed by atoms with Crippen molar-refractivity contribution in [1.82, 2.24) is 4.57 Å². The molecule has 0 saturated heterocycles. The van der Waals surface area contributed by atoms with Crippen molar-refractivity contribution in [3.8, 4) is 0 Å². The molecule has 1 heterocycles. The number of ether oxygens (including phenoxy) is 1. The van der Waals surface area contributed by atoms with Crippen LogP contribution in [0.1, 0.15) is 12.0 Å². The molecule has 0 radical (unpaired) electrons. The molecule has 90 valence electrons. The van der Waals surface area contributed by atoms with Gasteiger partial charge in [-0.15, -0.1) is 0 Å². The average molecular weight is 233 g/mol. The van der Waals surface area contributed by atoms with Gasteiger partial charge in [-0.2, -0.15) is 0 Å². The summed E-state index contributed by atoms with van der Waals surface area (Å²) in [6, 6.07) is 7.74. The van der Waals surface area contributed by atoms with Crippen molar-refractivity contribution >= 4 is 16.9 Å². The second kappa shape index (κ2) is 5.01. The highest BCUT2D eigenvalue weighted by molar-refractivity contribution is 5.83. The molecule has 0 aliphatic rings. The number of carbonyl (C=O) groups excluding carboxylic acids is 1. The van der Waals surface area contributed by atoms with Crippen LogP contribution in [0.2, 0.25) is 0 Å². The summed E-state index contributed by atoms with van der Waals surface area (Å²) < 4.78 is 6.60. The summed E-state index contributed by atoms with van der Waals surface area (Å²) in [4.78, 5) is 11.1. The molecular weight excluding hydrogens is 218 g/mol. The third kappa shape index (κ3) is 2.31. The summed E-state index contributed by atoms with van der Waals surface area (Å²) >= 11 is 0. The Morgan fingerprint density at radius 1 is 1.41 bits per heavy atom. The SMILES string of the molecule is COC(=O)CCn1ccc2c(CO)cccc21. The van der Waals surface area contributed by atoms with Gasteiger partial charge >= 0.3 is 5.97 Å². The highest BCUT2D eigenvalue weighted by Crippen LogP contribution is 2.20. The summed E-state index contributed by atoms with van der Waals surface area (Å²) in [5.74, 6) is -0.217. The largest absolute Gasteiger partial charge is 0.469 e.